The summed E-state index contributed by atoms with van der Waals surface area (Å²) in [5.74, 6) is 1.34. The molecule has 0 unspecified atom stereocenters. The second-order valence-corrected chi connectivity index (χ2v) is 8.27. The van der Waals surface area contributed by atoms with Crippen molar-refractivity contribution in [3.8, 4) is 0 Å². The lowest BCUT2D eigenvalue weighted by atomic mass is 10.3. The molecule has 2 aromatic rings. The summed E-state index contributed by atoms with van der Waals surface area (Å²) >= 11 is 3.40. The third-order valence-electron chi connectivity index (χ3n) is 3.54. The first kappa shape index (κ1) is 18.7. The number of aromatic nitrogens is 2. The van der Waals surface area contributed by atoms with E-state index in [2.05, 4.69) is 50.0 Å². The third-order valence-corrected chi connectivity index (χ3v) is 5.31. The van der Waals surface area contributed by atoms with Crippen LogP contribution in [-0.2, 0) is 9.84 Å². The van der Waals surface area contributed by atoms with Gasteiger partial charge in [0, 0.05) is 35.6 Å². The summed E-state index contributed by atoms with van der Waals surface area (Å²) in [4.78, 5) is 11.4. The van der Waals surface area contributed by atoms with Crippen LogP contribution >= 0.6 is 15.9 Å². The van der Waals surface area contributed by atoms with Crippen LogP contribution in [0.5, 0.6) is 0 Å². The number of nitrogens with one attached hydrogen (secondary N) is 1. The quantitative estimate of drug-likeness (QED) is 0.781. The highest BCUT2D eigenvalue weighted by Crippen LogP contribution is 2.28. The van der Waals surface area contributed by atoms with Crippen molar-refractivity contribution >= 4 is 43.2 Å². The second kappa shape index (κ2) is 7.48. The van der Waals surface area contributed by atoms with Gasteiger partial charge in [0.05, 0.1) is 10.6 Å². The van der Waals surface area contributed by atoms with Crippen molar-refractivity contribution in [2.75, 3.05) is 29.6 Å². The molecule has 0 aliphatic heterocycles. The van der Waals surface area contributed by atoms with Crippen molar-refractivity contribution in [2.24, 2.45) is 0 Å². The molecule has 0 bridgehead atoms. The minimum atomic E-state index is -3.24. The Hall–Kier alpha value is -1.67. The molecule has 0 atom stereocenters. The summed E-state index contributed by atoms with van der Waals surface area (Å²) in [5.41, 5.74) is 1.57. The molecule has 0 saturated carbocycles. The van der Waals surface area contributed by atoms with E-state index in [0.717, 1.165) is 24.6 Å². The van der Waals surface area contributed by atoms with Crippen LogP contribution in [0.3, 0.4) is 0 Å². The molecule has 6 nitrogen and oxygen atoms in total. The number of hydrogen-bond donors (Lipinski definition) is 1. The smallest absolute Gasteiger partial charge is 0.229 e. The molecule has 0 amide bonds. The molecule has 130 valence electrons. The van der Waals surface area contributed by atoms with Gasteiger partial charge in [-0.15, -0.1) is 0 Å². The third kappa shape index (κ3) is 4.45. The van der Waals surface area contributed by atoms with Gasteiger partial charge in [-0.1, -0.05) is 0 Å². The molecule has 1 N–H and O–H groups in total. The average molecular weight is 413 g/mol. The van der Waals surface area contributed by atoms with Crippen LogP contribution in [-0.4, -0.2) is 37.7 Å². The topological polar surface area (TPSA) is 75.2 Å². The van der Waals surface area contributed by atoms with Crippen LogP contribution < -0.4 is 10.2 Å². The fraction of sp³-hybridized carbons (Fsp3) is 0.375. The molecule has 0 saturated heterocycles. The van der Waals surface area contributed by atoms with Crippen LogP contribution in [0.15, 0.2) is 33.6 Å². The van der Waals surface area contributed by atoms with E-state index in [1.807, 2.05) is 13.0 Å². The van der Waals surface area contributed by atoms with Crippen molar-refractivity contribution in [1.82, 2.24) is 9.97 Å². The van der Waals surface area contributed by atoms with Gasteiger partial charge in [-0.25, -0.2) is 13.4 Å². The molecule has 2 rings (SSSR count). The maximum Gasteiger partial charge on any atom is 0.229 e. The van der Waals surface area contributed by atoms with Crippen molar-refractivity contribution in [3.05, 3.63) is 34.4 Å². The van der Waals surface area contributed by atoms with E-state index in [1.54, 1.807) is 18.2 Å². The molecule has 0 fully saturated rings. The molecule has 0 aliphatic rings. The molecule has 0 spiro atoms. The summed E-state index contributed by atoms with van der Waals surface area (Å²) in [6, 6.07) is 6.77. The summed E-state index contributed by atoms with van der Waals surface area (Å²) in [6.45, 7) is 7.79. The maximum absolute atomic E-state index is 11.6. The number of nitrogens with zero attached hydrogens (tertiary/aromatic N) is 3. The zero-order chi connectivity index (χ0) is 17.9. The number of rotatable bonds is 6. The Morgan fingerprint density at radius 2 is 1.83 bits per heavy atom. The molecule has 1 aromatic heterocycles. The lowest BCUT2D eigenvalue weighted by Gasteiger charge is -2.20. The summed E-state index contributed by atoms with van der Waals surface area (Å²) in [7, 11) is -3.24. The summed E-state index contributed by atoms with van der Waals surface area (Å²) in [5, 5.41) is 3.14. The van der Waals surface area contributed by atoms with Gasteiger partial charge in [0.2, 0.25) is 5.95 Å². The second-order valence-electron chi connectivity index (χ2n) is 5.40. The number of halogens is 1. The monoisotopic (exact) mass is 412 g/mol. The number of benzene rings is 1. The maximum atomic E-state index is 11.6. The molecule has 8 heteroatoms. The molecule has 1 heterocycles. The predicted octanol–water partition coefficient (Wildman–Crippen LogP) is 3.54. The van der Waals surface area contributed by atoms with Gasteiger partial charge in [0.1, 0.15) is 5.82 Å². The molecule has 0 aliphatic carbocycles. The summed E-state index contributed by atoms with van der Waals surface area (Å²) < 4.78 is 23.9. The highest BCUT2D eigenvalue weighted by atomic mass is 79.9. The van der Waals surface area contributed by atoms with Crippen LogP contribution in [0.2, 0.25) is 0 Å². The van der Waals surface area contributed by atoms with Crippen LogP contribution in [0.4, 0.5) is 17.5 Å². The minimum absolute atomic E-state index is 0.258. The van der Waals surface area contributed by atoms with E-state index in [0.29, 0.717) is 16.1 Å². The van der Waals surface area contributed by atoms with Crippen molar-refractivity contribution in [3.63, 3.8) is 0 Å². The first-order valence-electron chi connectivity index (χ1n) is 7.61. The van der Waals surface area contributed by atoms with E-state index < -0.39 is 9.84 Å². The Morgan fingerprint density at radius 3 is 2.38 bits per heavy atom. The molecule has 1 aromatic carbocycles. The van der Waals surface area contributed by atoms with E-state index >= 15 is 0 Å². The van der Waals surface area contributed by atoms with Gasteiger partial charge in [-0.05, 0) is 54.9 Å². The zero-order valence-electron chi connectivity index (χ0n) is 14.2. The Kier molecular flexibility index (Phi) is 5.82. The predicted molar refractivity (Wildman–Crippen MR) is 101 cm³/mol. The molecular formula is C16H21BrN4O2S. The zero-order valence-corrected chi connectivity index (χ0v) is 16.6. The highest BCUT2D eigenvalue weighted by molar-refractivity contribution is 9.10. The largest absolute Gasteiger partial charge is 0.357 e. The van der Waals surface area contributed by atoms with E-state index in [1.165, 1.54) is 6.26 Å². The fourth-order valence-electron chi connectivity index (χ4n) is 2.27. The van der Waals surface area contributed by atoms with Gasteiger partial charge in [-0.3, -0.25) is 0 Å². The van der Waals surface area contributed by atoms with Gasteiger partial charge in [0.15, 0.2) is 9.84 Å². The normalized spacial score (nSPS) is 11.4. The van der Waals surface area contributed by atoms with Crippen LogP contribution in [0.25, 0.3) is 0 Å². The lowest BCUT2D eigenvalue weighted by Crippen LogP contribution is -2.23. The standard InChI is InChI=1S/C16H21BrN4O2S/c1-5-21(6-2)15-9-11(3)18-16(20-15)19-14-8-7-12(10-13(14)17)24(4,22)23/h7-10H,5-6H2,1-4H3,(H,18,19,20). The Labute approximate surface area is 151 Å². The number of anilines is 3. The number of hydrogen-bond acceptors (Lipinski definition) is 6. The Morgan fingerprint density at radius 1 is 1.17 bits per heavy atom. The average Bonchev–Trinajstić information content (AvgIpc) is 2.49. The lowest BCUT2D eigenvalue weighted by molar-refractivity contribution is 0.602. The van der Waals surface area contributed by atoms with E-state index in [4.69, 9.17) is 0 Å². The van der Waals surface area contributed by atoms with Crippen molar-refractivity contribution in [1.29, 1.82) is 0 Å². The number of aryl methyl sites for hydroxylation is 1. The first-order valence-corrected chi connectivity index (χ1v) is 10.3. The molecule has 0 radical (unpaired) electrons. The van der Waals surface area contributed by atoms with E-state index in [9.17, 15) is 8.42 Å². The first-order chi connectivity index (χ1) is 11.2. The minimum Gasteiger partial charge on any atom is -0.357 e. The van der Waals surface area contributed by atoms with Crippen LogP contribution in [0, 0.1) is 6.92 Å². The summed E-state index contributed by atoms with van der Waals surface area (Å²) in [6.07, 6.45) is 1.18. The van der Waals surface area contributed by atoms with Crippen molar-refractivity contribution in [2.45, 2.75) is 25.7 Å². The van der Waals surface area contributed by atoms with Gasteiger partial charge >= 0.3 is 0 Å². The van der Waals surface area contributed by atoms with Gasteiger partial charge in [0.25, 0.3) is 0 Å². The molecule has 24 heavy (non-hydrogen) atoms. The van der Waals surface area contributed by atoms with Gasteiger partial charge in [-0.2, -0.15) is 4.98 Å². The van der Waals surface area contributed by atoms with Crippen molar-refractivity contribution < 1.29 is 8.42 Å². The SMILES string of the molecule is CCN(CC)c1cc(C)nc(Nc2ccc(S(C)(=O)=O)cc2Br)n1. The Balaban J connectivity index is 2.35. The fourth-order valence-corrected chi connectivity index (χ4v) is 3.54. The van der Waals surface area contributed by atoms with E-state index in [-0.39, 0.29) is 4.90 Å². The number of sulfone groups is 1. The highest BCUT2D eigenvalue weighted by Gasteiger charge is 2.12. The van der Waals surface area contributed by atoms with Crippen LogP contribution in [0.1, 0.15) is 19.5 Å². The Bertz CT molecular complexity index is 836. The van der Waals surface area contributed by atoms with Gasteiger partial charge < -0.3 is 10.2 Å². The molecular weight excluding hydrogens is 392 g/mol.